The first kappa shape index (κ1) is 9.65. The fraction of sp³-hybridized carbons (Fsp3) is 0.600. The Labute approximate surface area is 87.1 Å². The summed E-state index contributed by atoms with van der Waals surface area (Å²) in [6, 6.07) is 0. The lowest BCUT2D eigenvalue weighted by Gasteiger charge is -2.07. The minimum atomic E-state index is -0.114. The van der Waals surface area contributed by atoms with E-state index in [4.69, 9.17) is 4.74 Å². The molecule has 0 aliphatic heterocycles. The molecule has 0 bridgehead atoms. The van der Waals surface area contributed by atoms with Crippen molar-refractivity contribution in [3.05, 3.63) is 15.6 Å². The standard InChI is InChI=1S/C10H13NO2S/c1-3-13-10(12)7-4-5-8-9(7)11-6(2)14-8/h7H,3-5H2,1-2H3/t7-/m0/s1. The molecule has 0 unspecified atom stereocenters. The molecular weight excluding hydrogens is 198 g/mol. The number of carbonyl (C=O) groups is 1. The van der Waals surface area contributed by atoms with E-state index in [1.165, 1.54) is 4.88 Å². The van der Waals surface area contributed by atoms with Gasteiger partial charge in [-0.3, -0.25) is 4.79 Å². The first-order valence-corrected chi connectivity index (χ1v) is 5.67. The summed E-state index contributed by atoms with van der Waals surface area (Å²) in [5, 5.41) is 1.05. The van der Waals surface area contributed by atoms with Crippen LogP contribution >= 0.6 is 11.3 Å². The summed E-state index contributed by atoms with van der Waals surface area (Å²) in [5.74, 6) is -0.216. The molecule has 0 saturated heterocycles. The van der Waals surface area contributed by atoms with Crippen molar-refractivity contribution in [3.8, 4) is 0 Å². The molecule has 14 heavy (non-hydrogen) atoms. The number of aromatic nitrogens is 1. The largest absolute Gasteiger partial charge is 0.465 e. The van der Waals surface area contributed by atoms with Crippen LogP contribution in [0.2, 0.25) is 0 Å². The highest BCUT2D eigenvalue weighted by Gasteiger charge is 2.32. The summed E-state index contributed by atoms with van der Waals surface area (Å²) in [6.07, 6.45) is 1.84. The molecule has 3 nitrogen and oxygen atoms in total. The van der Waals surface area contributed by atoms with Crippen LogP contribution in [0.3, 0.4) is 0 Å². The molecule has 76 valence electrons. The number of hydrogen-bond acceptors (Lipinski definition) is 4. The molecule has 0 amide bonds. The van der Waals surface area contributed by atoms with Gasteiger partial charge in [0.1, 0.15) is 5.92 Å². The number of hydrogen-bond donors (Lipinski definition) is 0. The van der Waals surface area contributed by atoms with E-state index in [2.05, 4.69) is 4.98 Å². The SMILES string of the molecule is CCOC(=O)[C@H]1CCc2sc(C)nc21. The molecule has 0 radical (unpaired) electrons. The monoisotopic (exact) mass is 211 g/mol. The van der Waals surface area contributed by atoms with Gasteiger partial charge in [-0.2, -0.15) is 0 Å². The maximum atomic E-state index is 11.6. The van der Waals surface area contributed by atoms with Crippen LogP contribution in [-0.2, 0) is 16.0 Å². The van der Waals surface area contributed by atoms with Crippen LogP contribution in [0.5, 0.6) is 0 Å². The number of carbonyl (C=O) groups excluding carboxylic acids is 1. The van der Waals surface area contributed by atoms with Crippen molar-refractivity contribution >= 4 is 17.3 Å². The zero-order chi connectivity index (χ0) is 10.1. The number of nitrogens with zero attached hydrogens (tertiary/aromatic N) is 1. The van der Waals surface area contributed by atoms with Crippen LogP contribution in [0, 0.1) is 6.92 Å². The second-order valence-electron chi connectivity index (χ2n) is 3.38. The molecule has 0 N–H and O–H groups in total. The highest BCUT2D eigenvalue weighted by Crippen LogP contribution is 2.36. The molecule has 0 fully saturated rings. The van der Waals surface area contributed by atoms with Gasteiger partial charge in [-0.05, 0) is 26.7 Å². The highest BCUT2D eigenvalue weighted by molar-refractivity contribution is 7.11. The van der Waals surface area contributed by atoms with Crippen LogP contribution < -0.4 is 0 Å². The zero-order valence-electron chi connectivity index (χ0n) is 8.37. The quantitative estimate of drug-likeness (QED) is 0.703. The number of thiazole rings is 1. The molecule has 0 spiro atoms. The van der Waals surface area contributed by atoms with Crippen molar-refractivity contribution in [1.82, 2.24) is 4.98 Å². The Morgan fingerprint density at radius 1 is 1.71 bits per heavy atom. The normalized spacial score (nSPS) is 19.4. The molecule has 1 atom stereocenters. The van der Waals surface area contributed by atoms with Gasteiger partial charge in [-0.1, -0.05) is 0 Å². The molecule has 4 heteroatoms. The second kappa shape index (κ2) is 3.69. The van der Waals surface area contributed by atoms with Gasteiger partial charge < -0.3 is 4.74 Å². The molecule has 1 aromatic rings. The maximum absolute atomic E-state index is 11.6. The number of ether oxygens (including phenoxy) is 1. The van der Waals surface area contributed by atoms with Gasteiger partial charge >= 0.3 is 5.97 Å². The minimum absolute atomic E-state index is 0.102. The van der Waals surface area contributed by atoms with Crippen LogP contribution in [0.25, 0.3) is 0 Å². The topological polar surface area (TPSA) is 39.2 Å². The zero-order valence-corrected chi connectivity index (χ0v) is 9.19. The van der Waals surface area contributed by atoms with Gasteiger partial charge in [0, 0.05) is 4.88 Å². The number of rotatable bonds is 2. The Bertz CT molecular complexity index is 359. The first-order valence-electron chi connectivity index (χ1n) is 4.85. The Balaban J connectivity index is 2.20. The van der Waals surface area contributed by atoms with E-state index in [0.29, 0.717) is 6.61 Å². The summed E-state index contributed by atoms with van der Waals surface area (Å²) >= 11 is 1.70. The lowest BCUT2D eigenvalue weighted by molar-refractivity contribution is -0.145. The van der Waals surface area contributed by atoms with E-state index in [0.717, 1.165) is 23.5 Å². The Kier molecular flexibility index (Phi) is 2.54. The number of esters is 1. The van der Waals surface area contributed by atoms with Crippen LogP contribution in [0.15, 0.2) is 0 Å². The smallest absolute Gasteiger partial charge is 0.315 e. The van der Waals surface area contributed by atoms with E-state index in [9.17, 15) is 4.79 Å². The number of fused-ring (bicyclic) bond motifs is 1. The predicted octanol–water partition coefficient (Wildman–Crippen LogP) is 2.04. The summed E-state index contributed by atoms with van der Waals surface area (Å²) in [6.45, 7) is 4.26. The third-order valence-corrected chi connectivity index (χ3v) is 3.44. The molecular formula is C10H13NO2S. The van der Waals surface area contributed by atoms with E-state index in [1.54, 1.807) is 11.3 Å². The van der Waals surface area contributed by atoms with Crippen LogP contribution in [0.1, 0.15) is 34.8 Å². The fourth-order valence-electron chi connectivity index (χ4n) is 1.82. The lowest BCUT2D eigenvalue weighted by Crippen LogP contribution is -2.14. The average molecular weight is 211 g/mol. The van der Waals surface area contributed by atoms with Crippen LogP contribution in [0.4, 0.5) is 0 Å². The van der Waals surface area contributed by atoms with Gasteiger partial charge in [0.2, 0.25) is 0 Å². The van der Waals surface area contributed by atoms with E-state index < -0.39 is 0 Å². The molecule has 0 aromatic carbocycles. The summed E-state index contributed by atoms with van der Waals surface area (Å²) < 4.78 is 5.02. The van der Waals surface area contributed by atoms with Crippen molar-refractivity contribution in [2.24, 2.45) is 0 Å². The Hall–Kier alpha value is -0.900. The maximum Gasteiger partial charge on any atom is 0.315 e. The van der Waals surface area contributed by atoms with Gasteiger partial charge in [0.15, 0.2) is 0 Å². The molecule has 1 heterocycles. The molecule has 2 rings (SSSR count). The molecule has 1 aromatic heterocycles. The number of aryl methyl sites for hydroxylation is 2. The van der Waals surface area contributed by atoms with Crippen LogP contribution in [-0.4, -0.2) is 17.6 Å². The first-order chi connectivity index (χ1) is 6.72. The minimum Gasteiger partial charge on any atom is -0.465 e. The third-order valence-electron chi connectivity index (χ3n) is 2.40. The van der Waals surface area contributed by atoms with Crippen molar-refractivity contribution in [2.45, 2.75) is 32.6 Å². The average Bonchev–Trinajstić information content (AvgIpc) is 2.62. The third kappa shape index (κ3) is 1.54. The Morgan fingerprint density at radius 3 is 3.21 bits per heavy atom. The van der Waals surface area contributed by atoms with E-state index in [1.807, 2.05) is 13.8 Å². The van der Waals surface area contributed by atoms with Gasteiger partial charge in [0.05, 0.1) is 17.3 Å². The molecule has 0 saturated carbocycles. The van der Waals surface area contributed by atoms with Gasteiger partial charge in [-0.25, -0.2) is 4.98 Å². The van der Waals surface area contributed by atoms with Crippen molar-refractivity contribution in [3.63, 3.8) is 0 Å². The summed E-state index contributed by atoms with van der Waals surface area (Å²) in [7, 11) is 0. The Morgan fingerprint density at radius 2 is 2.50 bits per heavy atom. The molecule has 1 aliphatic carbocycles. The van der Waals surface area contributed by atoms with Gasteiger partial charge in [0.25, 0.3) is 0 Å². The van der Waals surface area contributed by atoms with E-state index in [-0.39, 0.29) is 11.9 Å². The second-order valence-corrected chi connectivity index (χ2v) is 4.67. The lowest BCUT2D eigenvalue weighted by atomic mass is 10.1. The summed E-state index contributed by atoms with van der Waals surface area (Å²) in [4.78, 5) is 17.2. The fourth-order valence-corrected chi connectivity index (χ4v) is 2.83. The van der Waals surface area contributed by atoms with E-state index >= 15 is 0 Å². The highest BCUT2D eigenvalue weighted by atomic mass is 32.1. The summed E-state index contributed by atoms with van der Waals surface area (Å²) in [5.41, 5.74) is 0.964. The van der Waals surface area contributed by atoms with Gasteiger partial charge in [-0.15, -0.1) is 11.3 Å². The van der Waals surface area contributed by atoms with Crippen molar-refractivity contribution in [2.75, 3.05) is 6.61 Å². The molecule has 1 aliphatic rings. The van der Waals surface area contributed by atoms with Crippen molar-refractivity contribution < 1.29 is 9.53 Å². The van der Waals surface area contributed by atoms with Crippen molar-refractivity contribution in [1.29, 1.82) is 0 Å². The predicted molar refractivity (Wildman–Crippen MR) is 54.5 cm³/mol.